The molecule has 0 saturated heterocycles. The van der Waals surface area contributed by atoms with Crippen molar-refractivity contribution >= 4 is 23.3 Å². The van der Waals surface area contributed by atoms with Gasteiger partial charge in [-0.05, 0) is 39.5 Å². The number of halogens is 1. The van der Waals surface area contributed by atoms with Crippen LogP contribution < -0.4 is 5.32 Å². The average Bonchev–Trinajstić information content (AvgIpc) is 2.94. The number of amides is 1. The van der Waals surface area contributed by atoms with Gasteiger partial charge in [-0.1, -0.05) is 30.9 Å². The van der Waals surface area contributed by atoms with E-state index in [0.717, 1.165) is 18.5 Å². The molecule has 1 N–H and O–H groups in total. The first-order chi connectivity index (χ1) is 11.8. The van der Waals surface area contributed by atoms with Gasteiger partial charge in [-0.25, -0.2) is 14.3 Å². The van der Waals surface area contributed by atoms with Crippen molar-refractivity contribution in [3.8, 4) is 0 Å². The van der Waals surface area contributed by atoms with Gasteiger partial charge in [0.2, 0.25) is 0 Å². The molecule has 0 bridgehead atoms. The third-order valence-corrected chi connectivity index (χ3v) is 4.62. The molecule has 1 amide bonds. The van der Waals surface area contributed by atoms with Gasteiger partial charge in [-0.15, -0.1) is 0 Å². The largest absolute Gasteiger partial charge is 0.444 e. The highest BCUT2D eigenvalue weighted by atomic mass is 35.5. The van der Waals surface area contributed by atoms with Crippen molar-refractivity contribution in [2.24, 2.45) is 5.92 Å². The number of carbonyl (C=O) groups excluding carboxylic acids is 1. The van der Waals surface area contributed by atoms with Crippen molar-refractivity contribution in [3.63, 3.8) is 0 Å². The van der Waals surface area contributed by atoms with Crippen LogP contribution in [0.15, 0.2) is 18.5 Å². The molecule has 2 aromatic heterocycles. The first-order valence-electron chi connectivity index (χ1n) is 8.82. The van der Waals surface area contributed by atoms with Gasteiger partial charge in [-0.2, -0.15) is 5.10 Å². The third kappa shape index (κ3) is 4.63. The topological polar surface area (TPSA) is 68.5 Å². The molecule has 25 heavy (non-hydrogen) atoms. The number of hydrogen-bond acceptors (Lipinski definition) is 4. The molecule has 1 unspecified atom stereocenters. The first kappa shape index (κ1) is 18.0. The highest BCUT2D eigenvalue weighted by Gasteiger charge is 2.30. The maximum atomic E-state index is 12.3. The van der Waals surface area contributed by atoms with Crippen LogP contribution in [0.2, 0.25) is 5.02 Å². The van der Waals surface area contributed by atoms with Crippen molar-refractivity contribution in [1.29, 1.82) is 0 Å². The second kappa shape index (κ2) is 7.20. The lowest BCUT2D eigenvalue weighted by Gasteiger charge is -2.30. The SMILES string of the molecule is CC(C)(C)OC(=O)NC(c1cn2ncc(Cl)cc2n1)C1CCCCC1. The van der Waals surface area contributed by atoms with E-state index >= 15 is 0 Å². The third-order valence-electron chi connectivity index (χ3n) is 4.42. The summed E-state index contributed by atoms with van der Waals surface area (Å²) < 4.78 is 7.14. The molecular weight excluding hydrogens is 340 g/mol. The molecule has 7 heteroatoms. The lowest BCUT2D eigenvalue weighted by Crippen LogP contribution is -2.38. The molecule has 6 nitrogen and oxygen atoms in total. The summed E-state index contributed by atoms with van der Waals surface area (Å²) in [5, 5.41) is 7.82. The monoisotopic (exact) mass is 364 g/mol. The normalized spacial score (nSPS) is 17.4. The fourth-order valence-corrected chi connectivity index (χ4v) is 3.50. The number of imidazole rings is 1. The molecule has 1 fully saturated rings. The lowest BCUT2D eigenvalue weighted by atomic mass is 9.83. The second-order valence-corrected chi connectivity index (χ2v) is 8.10. The Balaban J connectivity index is 1.87. The summed E-state index contributed by atoms with van der Waals surface area (Å²) in [4.78, 5) is 17.0. The minimum absolute atomic E-state index is 0.185. The van der Waals surface area contributed by atoms with Crippen molar-refractivity contribution < 1.29 is 9.53 Å². The Morgan fingerprint density at radius 1 is 1.36 bits per heavy atom. The van der Waals surface area contributed by atoms with Crippen LogP contribution in [0.25, 0.3) is 5.65 Å². The van der Waals surface area contributed by atoms with E-state index in [1.807, 2.05) is 27.0 Å². The van der Waals surface area contributed by atoms with Crippen LogP contribution in [0.4, 0.5) is 4.79 Å². The number of ether oxygens (including phenoxy) is 1. The summed E-state index contributed by atoms with van der Waals surface area (Å²) in [5.41, 5.74) is 0.941. The van der Waals surface area contributed by atoms with Gasteiger partial charge in [0.05, 0.1) is 29.2 Å². The number of nitrogens with one attached hydrogen (secondary N) is 1. The molecule has 0 spiro atoms. The van der Waals surface area contributed by atoms with E-state index in [4.69, 9.17) is 16.3 Å². The quantitative estimate of drug-likeness (QED) is 0.868. The number of hydrogen-bond donors (Lipinski definition) is 1. The zero-order valence-corrected chi connectivity index (χ0v) is 15.7. The molecule has 136 valence electrons. The van der Waals surface area contributed by atoms with Crippen molar-refractivity contribution in [2.75, 3.05) is 0 Å². The smallest absolute Gasteiger partial charge is 0.408 e. The minimum atomic E-state index is -0.533. The van der Waals surface area contributed by atoms with Crippen LogP contribution in [0, 0.1) is 5.92 Å². The summed E-state index contributed by atoms with van der Waals surface area (Å²) in [6, 6.07) is 1.58. The number of nitrogens with zero attached hydrogens (tertiary/aromatic N) is 3. The molecule has 1 atom stereocenters. The lowest BCUT2D eigenvalue weighted by molar-refractivity contribution is 0.0474. The average molecular weight is 365 g/mol. The zero-order valence-electron chi connectivity index (χ0n) is 15.0. The Morgan fingerprint density at radius 3 is 2.76 bits per heavy atom. The Hall–Kier alpha value is -1.82. The molecule has 2 heterocycles. The Kier molecular flexibility index (Phi) is 5.18. The van der Waals surface area contributed by atoms with E-state index < -0.39 is 11.7 Å². The Morgan fingerprint density at radius 2 is 2.08 bits per heavy atom. The fourth-order valence-electron chi connectivity index (χ4n) is 3.36. The summed E-state index contributed by atoms with van der Waals surface area (Å²) in [7, 11) is 0. The predicted molar refractivity (Wildman–Crippen MR) is 96.7 cm³/mol. The van der Waals surface area contributed by atoms with Gasteiger partial charge in [0, 0.05) is 6.07 Å². The van der Waals surface area contributed by atoms with Crippen LogP contribution in [0.1, 0.15) is 64.6 Å². The molecule has 1 saturated carbocycles. The molecule has 2 aromatic rings. The van der Waals surface area contributed by atoms with E-state index in [1.165, 1.54) is 19.3 Å². The van der Waals surface area contributed by atoms with Gasteiger partial charge < -0.3 is 10.1 Å². The maximum absolute atomic E-state index is 12.3. The molecular formula is C18H25ClN4O2. The van der Waals surface area contributed by atoms with E-state index in [2.05, 4.69) is 15.4 Å². The number of rotatable bonds is 3. The van der Waals surface area contributed by atoms with Crippen molar-refractivity contribution in [2.45, 2.75) is 64.5 Å². The number of alkyl carbamates (subject to hydrolysis) is 1. The van der Waals surface area contributed by atoms with Gasteiger partial charge in [-0.3, -0.25) is 0 Å². The van der Waals surface area contributed by atoms with Crippen LogP contribution in [-0.2, 0) is 4.74 Å². The molecule has 1 aliphatic carbocycles. The van der Waals surface area contributed by atoms with Crippen molar-refractivity contribution in [1.82, 2.24) is 19.9 Å². The van der Waals surface area contributed by atoms with Crippen LogP contribution in [0.5, 0.6) is 0 Å². The molecule has 0 radical (unpaired) electrons. The van der Waals surface area contributed by atoms with E-state index in [1.54, 1.807) is 16.8 Å². The maximum Gasteiger partial charge on any atom is 0.408 e. The predicted octanol–water partition coefficient (Wildman–Crippen LogP) is 4.53. The van der Waals surface area contributed by atoms with Crippen LogP contribution in [-0.4, -0.2) is 26.3 Å². The molecule has 0 aromatic carbocycles. The standard InChI is InChI=1S/C18H25ClN4O2/c1-18(2,3)25-17(24)22-16(12-7-5-4-6-8-12)14-11-23-15(21-14)9-13(19)10-20-23/h9-12,16H,4-8H2,1-3H3,(H,22,24). The highest BCUT2D eigenvalue weighted by molar-refractivity contribution is 6.30. The first-order valence-corrected chi connectivity index (χ1v) is 9.20. The van der Waals surface area contributed by atoms with Crippen molar-refractivity contribution in [3.05, 3.63) is 29.2 Å². The van der Waals surface area contributed by atoms with E-state index in [9.17, 15) is 4.79 Å². The fraction of sp³-hybridized carbons (Fsp3) is 0.611. The van der Waals surface area contributed by atoms with Gasteiger partial charge >= 0.3 is 6.09 Å². The summed E-state index contributed by atoms with van der Waals surface area (Å²) >= 11 is 6.01. The van der Waals surface area contributed by atoms with Crippen LogP contribution >= 0.6 is 11.6 Å². The van der Waals surface area contributed by atoms with Crippen LogP contribution in [0.3, 0.4) is 0 Å². The van der Waals surface area contributed by atoms with Gasteiger partial charge in [0.25, 0.3) is 0 Å². The highest BCUT2D eigenvalue weighted by Crippen LogP contribution is 2.34. The van der Waals surface area contributed by atoms with Gasteiger partial charge in [0.15, 0.2) is 5.65 Å². The van der Waals surface area contributed by atoms with Gasteiger partial charge in [0.1, 0.15) is 5.60 Å². The summed E-state index contributed by atoms with van der Waals surface area (Å²) in [6.45, 7) is 5.58. The number of fused-ring (bicyclic) bond motifs is 1. The second-order valence-electron chi connectivity index (χ2n) is 7.66. The van der Waals surface area contributed by atoms with E-state index in [-0.39, 0.29) is 6.04 Å². The minimum Gasteiger partial charge on any atom is -0.444 e. The summed E-state index contributed by atoms with van der Waals surface area (Å²) in [5.74, 6) is 0.349. The zero-order chi connectivity index (χ0) is 18.0. The van der Waals surface area contributed by atoms with E-state index in [0.29, 0.717) is 16.6 Å². The Bertz CT molecular complexity index is 747. The molecule has 1 aliphatic rings. The number of aromatic nitrogens is 3. The Labute approximate surface area is 152 Å². The summed E-state index contributed by atoms with van der Waals surface area (Å²) in [6.07, 6.45) is 8.78. The molecule has 0 aliphatic heterocycles. The molecule has 3 rings (SSSR count). The number of carbonyl (C=O) groups is 1.